The molecule has 0 spiro atoms. The molecule has 116 valence electrons. The van der Waals surface area contributed by atoms with Gasteiger partial charge in [0, 0.05) is 31.1 Å². The number of hydrogen-bond acceptors (Lipinski definition) is 4. The first kappa shape index (κ1) is 19.3. The van der Waals surface area contributed by atoms with Gasteiger partial charge in [0.15, 0.2) is 8.32 Å². The van der Waals surface area contributed by atoms with Crippen LogP contribution in [0.3, 0.4) is 0 Å². The van der Waals surface area contributed by atoms with Crippen molar-refractivity contribution in [2.24, 2.45) is 0 Å². The van der Waals surface area contributed by atoms with E-state index in [9.17, 15) is 9.59 Å². The maximum atomic E-state index is 11.0. The summed E-state index contributed by atoms with van der Waals surface area (Å²) < 4.78 is 11.4. The third-order valence-corrected chi connectivity index (χ3v) is 3.76. The number of aldehydes is 1. The average molecular weight is 300 g/mol. The molecular weight excluding hydrogens is 272 g/mol. The van der Waals surface area contributed by atoms with Gasteiger partial charge < -0.3 is 14.0 Å². The van der Waals surface area contributed by atoms with E-state index in [1.807, 2.05) is 12.9 Å². The van der Waals surface area contributed by atoms with Crippen LogP contribution in [0.2, 0.25) is 19.6 Å². The van der Waals surface area contributed by atoms with Crippen LogP contribution in [0.4, 0.5) is 0 Å². The highest BCUT2D eigenvalue weighted by atomic mass is 28.4. The van der Waals surface area contributed by atoms with Crippen molar-refractivity contribution in [1.29, 1.82) is 0 Å². The molecule has 0 heterocycles. The van der Waals surface area contributed by atoms with Gasteiger partial charge in [-0.25, -0.2) is 4.79 Å². The van der Waals surface area contributed by atoms with E-state index in [0.717, 1.165) is 25.5 Å². The summed E-state index contributed by atoms with van der Waals surface area (Å²) in [5.41, 5.74) is 0.630. The SMILES string of the molecule is CCOCC(=C=O)CC(CCCCC=O)O[Si](C)(C)C. The first-order chi connectivity index (χ1) is 9.42. The summed E-state index contributed by atoms with van der Waals surface area (Å²) in [4.78, 5) is 21.3. The monoisotopic (exact) mass is 300 g/mol. The minimum Gasteiger partial charge on any atom is -0.414 e. The number of hydrogen-bond donors (Lipinski definition) is 0. The van der Waals surface area contributed by atoms with E-state index in [-0.39, 0.29) is 6.10 Å². The molecule has 0 saturated heterocycles. The second-order valence-corrected chi connectivity index (χ2v) is 10.3. The molecule has 0 rings (SSSR count). The fourth-order valence-corrected chi connectivity index (χ4v) is 3.13. The highest BCUT2D eigenvalue weighted by Gasteiger charge is 2.22. The first-order valence-corrected chi connectivity index (χ1v) is 10.8. The molecule has 0 aromatic rings. The highest BCUT2D eigenvalue weighted by molar-refractivity contribution is 6.69. The van der Waals surface area contributed by atoms with Gasteiger partial charge in [0.25, 0.3) is 0 Å². The molecule has 0 aliphatic rings. The lowest BCUT2D eigenvalue weighted by atomic mass is 10.0. The smallest absolute Gasteiger partial charge is 0.184 e. The lowest BCUT2D eigenvalue weighted by Gasteiger charge is -2.26. The number of rotatable bonds is 12. The molecule has 20 heavy (non-hydrogen) atoms. The van der Waals surface area contributed by atoms with Crippen molar-refractivity contribution in [3.05, 3.63) is 5.57 Å². The van der Waals surface area contributed by atoms with Crippen LogP contribution in [0, 0.1) is 0 Å². The number of carbonyl (C=O) groups is 1. The predicted molar refractivity (Wildman–Crippen MR) is 83.1 cm³/mol. The molecule has 0 radical (unpaired) electrons. The second-order valence-electron chi connectivity index (χ2n) is 5.85. The minimum absolute atomic E-state index is 0.0326. The molecule has 0 aromatic carbocycles. The third-order valence-electron chi connectivity index (χ3n) is 2.72. The van der Waals surface area contributed by atoms with Crippen molar-refractivity contribution < 1.29 is 18.8 Å². The summed E-state index contributed by atoms with van der Waals surface area (Å²) in [5.74, 6) is 1.98. The Morgan fingerprint density at radius 3 is 2.50 bits per heavy atom. The minimum atomic E-state index is -1.65. The van der Waals surface area contributed by atoms with E-state index in [1.54, 1.807) is 0 Å². The largest absolute Gasteiger partial charge is 0.414 e. The molecule has 0 fully saturated rings. The van der Waals surface area contributed by atoms with Crippen LogP contribution in [0.5, 0.6) is 0 Å². The van der Waals surface area contributed by atoms with Crippen molar-refractivity contribution in [3.63, 3.8) is 0 Å². The van der Waals surface area contributed by atoms with Crippen molar-refractivity contribution in [3.8, 4) is 0 Å². The van der Waals surface area contributed by atoms with E-state index >= 15 is 0 Å². The Balaban J connectivity index is 4.42. The van der Waals surface area contributed by atoms with Gasteiger partial charge in [-0.2, -0.15) is 0 Å². The van der Waals surface area contributed by atoms with Crippen molar-refractivity contribution in [2.45, 2.75) is 64.8 Å². The Morgan fingerprint density at radius 2 is 2.00 bits per heavy atom. The van der Waals surface area contributed by atoms with Gasteiger partial charge in [0.05, 0.1) is 6.61 Å². The highest BCUT2D eigenvalue weighted by Crippen LogP contribution is 2.19. The fraction of sp³-hybridized carbons (Fsp3) is 0.800. The topological polar surface area (TPSA) is 52.6 Å². The molecule has 4 nitrogen and oxygen atoms in total. The standard InChI is InChI=1S/C15H28O4Si/c1-5-18-13-14(12-17)11-15(19-20(2,3)4)9-7-6-8-10-16/h10,15H,5-9,11,13H2,1-4H3. The summed E-state index contributed by atoms with van der Waals surface area (Å²) in [6.07, 6.45) is 4.83. The van der Waals surface area contributed by atoms with Gasteiger partial charge in [-0.05, 0) is 39.4 Å². The molecular formula is C15H28O4Si. The predicted octanol–water partition coefficient (Wildman–Crippen LogP) is 3.15. The van der Waals surface area contributed by atoms with Gasteiger partial charge in [0.1, 0.15) is 12.2 Å². The zero-order valence-corrected chi connectivity index (χ0v) is 14.2. The van der Waals surface area contributed by atoms with Crippen LogP contribution in [0.25, 0.3) is 0 Å². The van der Waals surface area contributed by atoms with Crippen LogP contribution >= 0.6 is 0 Å². The van der Waals surface area contributed by atoms with E-state index < -0.39 is 8.32 Å². The van der Waals surface area contributed by atoms with Gasteiger partial charge in [-0.1, -0.05) is 6.42 Å². The molecule has 0 saturated carbocycles. The van der Waals surface area contributed by atoms with E-state index in [2.05, 4.69) is 19.6 Å². The van der Waals surface area contributed by atoms with Gasteiger partial charge in [0.2, 0.25) is 0 Å². The van der Waals surface area contributed by atoms with Gasteiger partial charge in [-0.15, -0.1) is 0 Å². The zero-order chi connectivity index (χ0) is 15.4. The Bertz CT molecular complexity index is 316. The summed E-state index contributed by atoms with van der Waals surface area (Å²) in [6, 6.07) is 0. The van der Waals surface area contributed by atoms with Crippen LogP contribution in [-0.4, -0.2) is 39.9 Å². The maximum Gasteiger partial charge on any atom is 0.184 e. The lowest BCUT2D eigenvalue weighted by molar-refractivity contribution is -0.107. The summed E-state index contributed by atoms with van der Waals surface area (Å²) >= 11 is 0. The van der Waals surface area contributed by atoms with Crippen LogP contribution < -0.4 is 0 Å². The molecule has 0 aliphatic carbocycles. The molecule has 0 amide bonds. The fourth-order valence-electron chi connectivity index (χ4n) is 1.93. The third kappa shape index (κ3) is 11.1. The van der Waals surface area contributed by atoms with E-state index in [4.69, 9.17) is 9.16 Å². The van der Waals surface area contributed by atoms with Crippen molar-refractivity contribution in [1.82, 2.24) is 0 Å². The van der Waals surface area contributed by atoms with Crippen LogP contribution in [0.1, 0.15) is 39.0 Å². The molecule has 5 heteroatoms. The molecule has 0 N–H and O–H groups in total. The normalized spacial score (nSPS) is 12.8. The number of carbonyl (C=O) groups excluding carboxylic acids is 2. The van der Waals surface area contributed by atoms with E-state index in [0.29, 0.717) is 31.6 Å². The molecule has 0 aromatic heterocycles. The van der Waals surface area contributed by atoms with Gasteiger partial charge >= 0.3 is 0 Å². The average Bonchev–Trinajstić information content (AvgIpc) is 2.37. The Labute approximate surface area is 123 Å². The van der Waals surface area contributed by atoms with E-state index in [1.165, 1.54) is 0 Å². The number of unbranched alkanes of at least 4 members (excludes halogenated alkanes) is 2. The van der Waals surface area contributed by atoms with Crippen LogP contribution in [0.15, 0.2) is 5.57 Å². The molecule has 1 unspecified atom stereocenters. The number of ether oxygens (including phenoxy) is 1. The zero-order valence-electron chi connectivity index (χ0n) is 13.2. The molecule has 0 bridgehead atoms. The van der Waals surface area contributed by atoms with Crippen molar-refractivity contribution in [2.75, 3.05) is 13.2 Å². The second kappa shape index (κ2) is 11.0. The van der Waals surface area contributed by atoms with Crippen molar-refractivity contribution >= 4 is 20.5 Å². The van der Waals surface area contributed by atoms with Crippen LogP contribution in [-0.2, 0) is 18.8 Å². The van der Waals surface area contributed by atoms with Gasteiger partial charge in [-0.3, -0.25) is 0 Å². The quantitative estimate of drug-likeness (QED) is 0.240. The summed E-state index contributed by atoms with van der Waals surface area (Å²) in [5, 5.41) is 0. The Morgan fingerprint density at radius 1 is 1.30 bits per heavy atom. The molecule has 0 aliphatic heterocycles. The summed E-state index contributed by atoms with van der Waals surface area (Å²) in [7, 11) is -1.65. The maximum absolute atomic E-state index is 11.0. The Hall–Kier alpha value is -0.743. The lowest BCUT2D eigenvalue weighted by Crippen LogP contribution is -2.32. The Kier molecular flexibility index (Phi) is 10.6. The summed E-state index contributed by atoms with van der Waals surface area (Å²) in [6.45, 7) is 9.23. The molecule has 1 atom stereocenters. The first-order valence-electron chi connectivity index (χ1n) is 7.35.